The topological polar surface area (TPSA) is 33.0 Å². The van der Waals surface area contributed by atoms with Gasteiger partial charge in [-0.15, -0.1) is 0 Å². The van der Waals surface area contributed by atoms with Crippen molar-refractivity contribution >= 4 is 0 Å². The molecule has 0 radical (unpaired) electrons. The molecule has 1 aromatic rings. The normalized spacial score (nSPS) is 27.2. The Hall–Kier alpha value is -1.49. The van der Waals surface area contributed by atoms with Gasteiger partial charge in [0.15, 0.2) is 0 Å². The average molecular weight is 257 g/mol. The SMILES string of the molecule is Cc1cc(OC2C(C)(C)C(C)C2(C)C)ccc1C#N. The van der Waals surface area contributed by atoms with Crippen molar-refractivity contribution < 1.29 is 4.74 Å². The molecule has 0 spiro atoms. The van der Waals surface area contributed by atoms with Crippen molar-refractivity contribution in [3.05, 3.63) is 29.3 Å². The van der Waals surface area contributed by atoms with Crippen molar-refractivity contribution in [3.63, 3.8) is 0 Å². The summed E-state index contributed by atoms with van der Waals surface area (Å²) < 4.78 is 6.22. The molecule has 2 rings (SSSR count). The summed E-state index contributed by atoms with van der Waals surface area (Å²) in [4.78, 5) is 0. The van der Waals surface area contributed by atoms with Crippen molar-refractivity contribution in [1.82, 2.24) is 0 Å². The van der Waals surface area contributed by atoms with Gasteiger partial charge in [-0.1, -0.05) is 34.6 Å². The molecule has 1 aromatic carbocycles. The van der Waals surface area contributed by atoms with Gasteiger partial charge in [-0.25, -0.2) is 0 Å². The number of rotatable bonds is 2. The summed E-state index contributed by atoms with van der Waals surface area (Å²) in [7, 11) is 0. The molecule has 0 aromatic heterocycles. The number of nitrogens with zero attached hydrogens (tertiary/aromatic N) is 1. The quantitative estimate of drug-likeness (QED) is 0.790. The molecule has 2 heteroatoms. The van der Waals surface area contributed by atoms with Gasteiger partial charge in [0, 0.05) is 10.8 Å². The van der Waals surface area contributed by atoms with E-state index >= 15 is 0 Å². The predicted molar refractivity (Wildman–Crippen MR) is 77.0 cm³/mol. The molecule has 0 N–H and O–H groups in total. The van der Waals surface area contributed by atoms with E-state index in [0.717, 1.165) is 11.3 Å². The van der Waals surface area contributed by atoms with Crippen molar-refractivity contribution in [3.8, 4) is 11.8 Å². The third-order valence-electron chi connectivity index (χ3n) is 5.16. The highest BCUT2D eigenvalue weighted by molar-refractivity contribution is 5.42. The van der Waals surface area contributed by atoms with Crippen LogP contribution in [0.2, 0.25) is 0 Å². The van der Waals surface area contributed by atoms with Crippen LogP contribution in [-0.2, 0) is 0 Å². The van der Waals surface area contributed by atoms with Crippen molar-refractivity contribution in [2.75, 3.05) is 0 Å². The van der Waals surface area contributed by atoms with Crippen LogP contribution in [0.4, 0.5) is 0 Å². The second kappa shape index (κ2) is 4.27. The first-order chi connectivity index (χ1) is 8.71. The van der Waals surface area contributed by atoms with Crippen LogP contribution < -0.4 is 4.74 Å². The fourth-order valence-corrected chi connectivity index (χ4v) is 3.55. The fourth-order valence-electron chi connectivity index (χ4n) is 3.55. The van der Waals surface area contributed by atoms with Crippen LogP contribution in [-0.4, -0.2) is 6.10 Å². The van der Waals surface area contributed by atoms with E-state index in [4.69, 9.17) is 10.00 Å². The molecule has 0 unspecified atom stereocenters. The van der Waals surface area contributed by atoms with Crippen LogP contribution in [0, 0.1) is 35.0 Å². The van der Waals surface area contributed by atoms with E-state index in [-0.39, 0.29) is 16.9 Å². The first kappa shape index (κ1) is 13.9. The molecular weight excluding hydrogens is 234 g/mol. The van der Waals surface area contributed by atoms with Gasteiger partial charge in [-0.3, -0.25) is 0 Å². The summed E-state index contributed by atoms with van der Waals surface area (Å²) in [6.45, 7) is 13.3. The molecule has 0 atom stereocenters. The Morgan fingerprint density at radius 2 is 1.74 bits per heavy atom. The van der Waals surface area contributed by atoms with Crippen LogP contribution >= 0.6 is 0 Å². The third kappa shape index (κ3) is 2.02. The molecule has 0 aliphatic heterocycles. The monoisotopic (exact) mass is 257 g/mol. The second-order valence-corrected chi connectivity index (χ2v) is 6.95. The average Bonchev–Trinajstić information content (AvgIpc) is 2.34. The van der Waals surface area contributed by atoms with Crippen molar-refractivity contribution in [2.24, 2.45) is 16.7 Å². The zero-order valence-electron chi connectivity index (χ0n) is 12.7. The Morgan fingerprint density at radius 3 is 2.21 bits per heavy atom. The maximum atomic E-state index is 8.96. The summed E-state index contributed by atoms with van der Waals surface area (Å²) in [5.41, 5.74) is 2.06. The molecule has 1 aliphatic carbocycles. The fraction of sp³-hybridized carbons (Fsp3) is 0.588. The number of ether oxygens (including phenoxy) is 1. The van der Waals surface area contributed by atoms with Crippen LogP contribution in [0.15, 0.2) is 18.2 Å². The first-order valence-electron chi connectivity index (χ1n) is 6.88. The Labute approximate surface area is 116 Å². The zero-order chi connectivity index (χ0) is 14.4. The molecule has 1 aliphatic rings. The van der Waals surface area contributed by atoms with Gasteiger partial charge < -0.3 is 4.74 Å². The lowest BCUT2D eigenvalue weighted by Gasteiger charge is -2.62. The van der Waals surface area contributed by atoms with Crippen LogP contribution in [0.1, 0.15) is 45.7 Å². The zero-order valence-corrected chi connectivity index (χ0v) is 12.7. The summed E-state index contributed by atoms with van der Waals surface area (Å²) in [6, 6.07) is 7.90. The number of benzene rings is 1. The highest BCUT2D eigenvalue weighted by Gasteiger charge is 2.61. The number of hydrogen-bond donors (Lipinski definition) is 0. The van der Waals surface area contributed by atoms with E-state index in [1.54, 1.807) is 0 Å². The van der Waals surface area contributed by atoms with Gasteiger partial charge in [0.25, 0.3) is 0 Å². The Balaban J connectivity index is 2.23. The third-order valence-corrected chi connectivity index (χ3v) is 5.16. The lowest BCUT2D eigenvalue weighted by atomic mass is 9.46. The molecule has 19 heavy (non-hydrogen) atoms. The smallest absolute Gasteiger partial charge is 0.120 e. The molecule has 0 saturated heterocycles. The summed E-state index contributed by atoms with van der Waals surface area (Å²) in [5.74, 6) is 1.50. The largest absolute Gasteiger partial charge is 0.489 e. The van der Waals surface area contributed by atoms with Crippen molar-refractivity contribution in [1.29, 1.82) is 5.26 Å². The standard InChI is InChI=1S/C17H23NO/c1-11-9-14(8-7-13(11)10-18)19-15-16(3,4)12(2)17(15,5)6/h7-9,12,15H,1-6H3. The number of nitriles is 1. The lowest BCUT2D eigenvalue weighted by molar-refractivity contribution is -0.190. The van der Waals surface area contributed by atoms with Gasteiger partial charge in [-0.2, -0.15) is 5.26 Å². The molecule has 0 heterocycles. The lowest BCUT2D eigenvalue weighted by Crippen LogP contribution is -2.64. The van der Waals surface area contributed by atoms with E-state index in [0.29, 0.717) is 11.5 Å². The molecular formula is C17H23NO. The van der Waals surface area contributed by atoms with Gasteiger partial charge in [0.05, 0.1) is 11.6 Å². The first-order valence-corrected chi connectivity index (χ1v) is 6.88. The summed E-state index contributed by atoms with van der Waals surface area (Å²) >= 11 is 0. The van der Waals surface area contributed by atoms with Gasteiger partial charge in [0.1, 0.15) is 11.9 Å². The van der Waals surface area contributed by atoms with Crippen LogP contribution in [0.5, 0.6) is 5.75 Å². The minimum Gasteiger partial charge on any atom is -0.489 e. The van der Waals surface area contributed by atoms with Crippen molar-refractivity contribution in [2.45, 2.75) is 47.6 Å². The minimum absolute atomic E-state index is 0.186. The molecule has 1 fully saturated rings. The highest BCUT2D eigenvalue weighted by atomic mass is 16.5. The second-order valence-electron chi connectivity index (χ2n) is 6.95. The Kier molecular flexibility index (Phi) is 3.13. The van der Waals surface area contributed by atoms with E-state index in [1.807, 2.05) is 25.1 Å². The molecule has 0 bridgehead atoms. The highest BCUT2D eigenvalue weighted by Crippen LogP contribution is 2.59. The van der Waals surface area contributed by atoms with Crippen LogP contribution in [0.25, 0.3) is 0 Å². The maximum absolute atomic E-state index is 8.96. The Morgan fingerprint density at radius 1 is 1.16 bits per heavy atom. The van der Waals surface area contributed by atoms with Gasteiger partial charge >= 0.3 is 0 Å². The predicted octanol–water partition coefficient (Wildman–Crippen LogP) is 4.32. The maximum Gasteiger partial charge on any atom is 0.120 e. The van der Waals surface area contributed by atoms with E-state index < -0.39 is 0 Å². The number of aryl methyl sites for hydroxylation is 1. The molecule has 102 valence electrons. The summed E-state index contributed by atoms with van der Waals surface area (Å²) in [6.07, 6.45) is 0.210. The van der Waals surface area contributed by atoms with E-state index in [1.165, 1.54) is 0 Å². The molecule has 1 saturated carbocycles. The van der Waals surface area contributed by atoms with E-state index in [2.05, 4.69) is 40.7 Å². The molecule has 2 nitrogen and oxygen atoms in total. The number of hydrogen-bond acceptors (Lipinski definition) is 2. The minimum atomic E-state index is 0.186. The summed E-state index contributed by atoms with van der Waals surface area (Å²) in [5, 5.41) is 8.96. The molecule has 0 amide bonds. The Bertz CT molecular complexity index is 521. The van der Waals surface area contributed by atoms with E-state index in [9.17, 15) is 0 Å². The van der Waals surface area contributed by atoms with Gasteiger partial charge in [0.2, 0.25) is 0 Å². The van der Waals surface area contributed by atoms with Gasteiger partial charge in [-0.05, 0) is 36.6 Å². The van der Waals surface area contributed by atoms with Crippen LogP contribution in [0.3, 0.4) is 0 Å².